The molecule has 7 heteroatoms. The normalized spacial score (nSPS) is 11.4. The van der Waals surface area contributed by atoms with E-state index in [4.69, 9.17) is 0 Å². The van der Waals surface area contributed by atoms with Crippen molar-refractivity contribution in [2.75, 3.05) is 5.32 Å². The van der Waals surface area contributed by atoms with Gasteiger partial charge in [0.2, 0.25) is 0 Å². The molecular formula is C13H12F3N3O. The fourth-order valence-electron chi connectivity index (χ4n) is 1.85. The molecule has 1 N–H and O–H groups in total. The van der Waals surface area contributed by atoms with Crippen LogP contribution in [0.15, 0.2) is 30.5 Å². The number of anilines is 1. The zero-order chi connectivity index (χ0) is 14.9. The summed E-state index contributed by atoms with van der Waals surface area (Å²) in [6, 6.07) is 4.82. The minimum Gasteiger partial charge on any atom is -0.320 e. The van der Waals surface area contributed by atoms with Crippen LogP contribution in [0.25, 0.3) is 0 Å². The number of alkyl halides is 3. The molecule has 0 saturated heterocycles. The first-order chi connectivity index (χ1) is 9.29. The van der Waals surface area contributed by atoms with Crippen molar-refractivity contribution in [3.8, 4) is 0 Å². The molecule has 0 saturated carbocycles. The lowest BCUT2D eigenvalue weighted by Crippen LogP contribution is -2.18. The molecule has 20 heavy (non-hydrogen) atoms. The van der Waals surface area contributed by atoms with Gasteiger partial charge in [-0.3, -0.25) is 9.48 Å². The largest absolute Gasteiger partial charge is 0.418 e. The van der Waals surface area contributed by atoms with Crippen LogP contribution >= 0.6 is 0 Å². The summed E-state index contributed by atoms with van der Waals surface area (Å²) in [5.41, 5.74) is -0.476. The molecule has 1 aromatic carbocycles. The Bertz CT molecular complexity index is 647. The number of carbonyl (C=O) groups excluding carboxylic acids is 1. The van der Waals surface area contributed by atoms with Crippen molar-refractivity contribution in [2.45, 2.75) is 13.1 Å². The van der Waals surface area contributed by atoms with Gasteiger partial charge in [0.25, 0.3) is 5.91 Å². The number of nitrogens with zero attached hydrogens (tertiary/aromatic N) is 2. The summed E-state index contributed by atoms with van der Waals surface area (Å²) in [5.74, 6) is -0.667. The van der Waals surface area contributed by atoms with Gasteiger partial charge in [-0.15, -0.1) is 0 Å². The molecule has 0 unspecified atom stereocenters. The Balaban J connectivity index is 2.31. The summed E-state index contributed by atoms with van der Waals surface area (Å²) < 4.78 is 39.9. The third kappa shape index (κ3) is 2.81. The van der Waals surface area contributed by atoms with Gasteiger partial charge in [0.1, 0.15) is 0 Å². The van der Waals surface area contributed by atoms with Crippen molar-refractivity contribution >= 4 is 11.6 Å². The topological polar surface area (TPSA) is 46.9 Å². The van der Waals surface area contributed by atoms with Crippen LogP contribution in [0.4, 0.5) is 18.9 Å². The minimum atomic E-state index is -4.52. The van der Waals surface area contributed by atoms with Crippen molar-refractivity contribution in [3.63, 3.8) is 0 Å². The molecule has 0 fully saturated rings. The monoisotopic (exact) mass is 283 g/mol. The van der Waals surface area contributed by atoms with E-state index in [1.54, 1.807) is 20.2 Å². The van der Waals surface area contributed by atoms with E-state index in [-0.39, 0.29) is 11.4 Å². The second kappa shape index (κ2) is 4.99. The average molecular weight is 283 g/mol. The second-order valence-electron chi connectivity index (χ2n) is 4.33. The van der Waals surface area contributed by atoms with Gasteiger partial charge >= 0.3 is 6.18 Å². The minimum absolute atomic E-state index is 0.101. The fraction of sp³-hybridized carbons (Fsp3) is 0.231. The smallest absolute Gasteiger partial charge is 0.320 e. The Kier molecular flexibility index (Phi) is 3.52. The molecule has 0 bridgehead atoms. The number of carbonyl (C=O) groups is 1. The predicted molar refractivity (Wildman–Crippen MR) is 67.3 cm³/mol. The number of halogens is 3. The lowest BCUT2D eigenvalue weighted by molar-refractivity contribution is -0.136. The van der Waals surface area contributed by atoms with Crippen LogP contribution in [0, 0.1) is 6.92 Å². The van der Waals surface area contributed by atoms with E-state index < -0.39 is 17.6 Å². The number of nitrogens with one attached hydrogen (secondary N) is 1. The molecule has 2 aromatic rings. The molecule has 0 aliphatic carbocycles. The number of benzene rings is 1. The highest BCUT2D eigenvalue weighted by Crippen LogP contribution is 2.34. The Hall–Kier alpha value is -2.31. The predicted octanol–water partition coefficient (Wildman–Crippen LogP) is 3.00. The van der Waals surface area contributed by atoms with Gasteiger partial charge in [-0.2, -0.15) is 18.3 Å². The summed E-state index contributed by atoms with van der Waals surface area (Å²) in [5, 5.41) is 6.17. The molecule has 0 aliphatic heterocycles. The van der Waals surface area contributed by atoms with E-state index in [9.17, 15) is 18.0 Å². The molecule has 4 nitrogen and oxygen atoms in total. The van der Waals surface area contributed by atoms with Crippen LogP contribution in [0.5, 0.6) is 0 Å². The Morgan fingerprint density at radius 3 is 2.50 bits per heavy atom. The Morgan fingerprint density at radius 2 is 1.95 bits per heavy atom. The maximum absolute atomic E-state index is 12.8. The number of amides is 1. The number of para-hydroxylation sites is 1. The van der Waals surface area contributed by atoms with Crippen LogP contribution in [0.1, 0.15) is 21.6 Å². The molecule has 0 spiro atoms. The average Bonchev–Trinajstić information content (AvgIpc) is 2.68. The first-order valence-corrected chi connectivity index (χ1v) is 5.77. The van der Waals surface area contributed by atoms with Crippen molar-refractivity contribution < 1.29 is 18.0 Å². The van der Waals surface area contributed by atoms with Crippen LogP contribution in [0.3, 0.4) is 0 Å². The van der Waals surface area contributed by atoms with Crippen LogP contribution < -0.4 is 5.32 Å². The van der Waals surface area contributed by atoms with Crippen molar-refractivity contribution in [2.24, 2.45) is 7.05 Å². The van der Waals surface area contributed by atoms with E-state index in [0.29, 0.717) is 5.56 Å². The van der Waals surface area contributed by atoms with Gasteiger partial charge in [0.05, 0.1) is 11.3 Å². The molecular weight excluding hydrogens is 271 g/mol. The molecule has 0 radical (unpaired) electrons. The van der Waals surface area contributed by atoms with Gasteiger partial charge in [0.15, 0.2) is 5.69 Å². The summed E-state index contributed by atoms with van der Waals surface area (Å²) >= 11 is 0. The number of rotatable bonds is 2. The quantitative estimate of drug-likeness (QED) is 0.921. The molecule has 1 heterocycles. The van der Waals surface area contributed by atoms with E-state index in [0.717, 1.165) is 6.07 Å². The highest BCUT2D eigenvalue weighted by molar-refractivity contribution is 6.04. The van der Waals surface area contributed by atoms with Crippen LogP contribution in [0.2, 0.25) is 0 Å². The van der Waals surface area contributed by atoms with Crippen molar-refractivity contribution in [1.82, 2.24) is 9.78 Å². The standard InChI is InChI=1S/C13H12F3N3O/c1-8-7-19(2)18-11(8)12(20)17-10-6-4-3-5-9(10)13(14,15)16/h3-7H,1-2H3,(H,17,20). The molecule has 2 rings (SSSR count). The molecule has 106 valence electrons. The number of aryl methyl sites for hydroxylation is 2. The van der Waals surface area contributed by atoms with Crippen LogP contribution in [-0.4, -0.2) is 15.7 Å². The maximum atomic E-state index is 12.8. The summed E-state index contributed by atoms with van der Waals surface area (Å²) in [7, 11) is 1.63. The molecule has 1 amide bonds. The SMILES string of the molecule is Cc1cn(C)nc1C(=O)Nc1ccccc1C(F)(F)F. The number of hydrogen-bond donors (Lipinski definition) is 1. The van der Waals surface area contributed by atoms with Crippen LogP contribution in [-0.2, 0) is 13.2 Å². The second-order valence-corrected chi connectivity index (χ2v) is 4.33. The van der Waals surface area contributed by atoms with E-state index in [2.05, 4.69) is 10.4 Å². The number of hydrogen-bond acceptors (Lipinski definition) is 2. The maximum Gasteiger partial charge on any atom is 0.418 e. The van der Waals surface area contributed by atoms with E-state index in [1.807, 2.05) is 0 Å². The third-order valence-electron chi connectivity index (χ3n) is 2.71. The molecule has 0 aliphatic rings. The van der Waals surface area contributed by atoms with Crippen molar-refractivity contribution in [1.29, 1.82) is 0 Å². The zero-order valence-electron chi connectivity index (χ0n) is 10.8. The lowest BCUT2D eigenvalue weighted by atomic mass is 10.1. The first-order valence-electron chi connectivity index (χ1n) is 5.77. The summed E-state index contributed by atoms with van der Waals surface area (Å²) in [6.07, 6.45) is -2.91. The summed E-state index contributed by atoms with van der Waals surface area (Å²) in [4.78, 5) is 12.0. The zero-order valence-corrected chi connectivity index (χ0v) is 10.8. The van der Waals surface area contributed by atoms with Gasteiger partial charge in [0, 0.05) is 18.8 Å². The molecule has 0 atom stereocenters. The van der Waals surface area contributed by atoms with Gasteiger partial charge in [-0.1, -0.05) is 12.1 Å². The highest BCUT2D eigenvalue weighted by atomic mass is 19.4. The summed E-state index contributed by atoms with van der Waals surface area (Å²) in [6.45, 7) is 1.66. The van der Waals surface area contributed by atoms with E-state index in [1.165, 1.54) is 22.9 Å². The van der Waals surface area contributed by atoms with Gasteiger partial charge < -0.3 is 5.32 Å². The molecule has 1 aromatic heterocycles. The van der Waals surface area contributed by atoms with Crippen molar-refractivity contribution in [3.05, 3.63) is 47.3 Å². The van der Waals surface area contributed by atoms with Gasteiger partial charge in [-0.05, 0) is 19.1 Å². The highest BCUT2D eigenvalue weighted by Gasteiger charge is 2.33. The third-order valence-corrected chi connectivity index (χ3v) is 2.71. The van der Waals surface area contributed by atoms with E-state index >= 15 is 0 Å². The Morgan fingerprint density at radius 1 is 1.30 bits per heavy atom. The first kappa shape index (κ1) is 14.1. The van der Waals surface area contributed by atoms with Gasteiger partial charge in [-0.25, -0.2) is 0 Å². The number of aromatic nitrogens is 2. The lowest BCUT2D eigenvalue weighted by Gasteiger charge is -2.13. The fourth-order valence-corrected chi connectivity index (χ4v) is 1.85. The Labute approximate surface area is 113 Å².